The van der Waals surface area contributed by atoms with Crippen molar-refractivity contribution >= 4 is 29.3 Å². The SMILES string of the molecule is [C-]#[N+]c1cc(Cl)c(/C=C/C(=O)OC(C)(C)C)cc1C. The lowest BCUT2D eigenvalue weighted by Crippen LogP contribution is -2.22. The molecule has 0 saturated carbocycles. The lowest BCUT2D eigenvalue weighted by Gasteiger charge is -2.17. The topological polar surface area (TPSA) is 30.7 Å². The number of aryl methyl sites for hydroxylation is 1. The van der Waals surface area contributed by atoms with Crippen molar-refractivity contribution in [2.75, 3.05) is 0 Å². The molecule has 0 fully saturated rings. The van der Waals surface area contributed by atoms with E-state index in [4.69, 9.17) is 22.9 Å². The average Bonchev–Trinajstić information content (AvgIpc) is 2.27. The fourth-order valence-corrected chi connectivity index (χ4v) is 1.66. The van der Waals surface area contributed by atoms with Gasteiger partial charge in [-0.25, -0.2) is 9.64 Å². The van der Waals surface area contributed by atoms with E-state index in [1.807, 2.05) is 6.92 Å². The van der Waals surface area contributed by atoms with E-state index in [2.05, 4.69) is 4.85 Å². The van der Waals surface area contributed by atoms with Gasteiger partial charge in [-0.1, -0.05) is 17.7 Å². The summed E-state index contributed by atoms with van der Waals surface area (Å²) < 4.78 is 5.16. The first kappa shape index (κ1) is 15.3. The number of carbonyl (C=O) groups excluding carboxylic acids is 1. The third kappa shape index (κ3) is 4.76. The molecule has 0 amide bonds. The summed E-state index contributed by atoms with van der Waals surface area (Å²) >= 11 is 6.05. The molecule has 0 aliphatic rings. The van der Waals surface area contributed by atoms with Crippen LogP contribution in [-0.4, -0.2) is 11.6 Å². The Morgan fingerprint density at radius 3 is 2.58 bits per heavy atom. The summed E-state index contributed by atoms with van der Waals surface area (Å²) in [6.07, 6.45) is 2.93. The summed E-state index contributed by atoms with van der Waals surface area (Å²) in [4.78, 5) is 14.9. The van der Waals surface area contributed by atoms with Crippen LogP contribution in [0.2, 0.25) is 5.02 Å². The number of nitrogens with zero attached hydrogens (tertiary/aromatic N) is 1. The smallest absolute Gasteiger partial charge is 0.331 e. The standard InChI is InChI=1S/C15H16ClNO2/c1-10-8-11(12(16)9-13(10)17-5)6-7-14(18)19-15(2,3)4/h6-9H,1-4H3/b7-6+. The van der Waals surface area contributed by atoms with Crippen molar-refractivity contribution in [2.45, 2.75) is 33.3 Å². The van der Waals surface area contributed by atoms with Crippen molar-refractivity contribution < 1.29 is 9.53 Å². The number of benzene rings is 1. The van der Waals surface area contributed by atoms with Crippen molar-refractivity contribution in [1.29, 1.82) is 0 Å². The van der Waals surface area contributed by atoms with E-state index in [1.54, 1.807) is 39.0 Å². The Balaban J connectivity index is 2.92. The van der Waals surface area contributed by atoms with Gasteiger partial charge >= 0.3 is 5.97 Å². The Kier molecular flexibility index (Phi) is 4.74. The van der Waals surface area contributed by atoms with Gasteiger partial charge in [-0.15, -0.1) is 0 Å². The quantitative estimate of drug-likeness (QED) is 0.451. The number of esters is 1. The van der Waals surface area contributed by atoms with Gasteiger partial charge in [0.15, 0.2) is 5.69 Å². The van der Waals surface area contributed by atoms with Crippen molar-refractivity contribution in [2.24, 2.45) is 0 Å². The van der Waals surface area contributed by atoms with Crippen LogP contribution < -0.4 is 0 Å². The fraction of sp³-hybridized carbons (Fsp3) is 0.333. The lowest BCUT2D eigenvalue weighted by molar-refractivity contribution is -0.148. The maximum absolute atomic E-state index is 11.6. The molecule has 0 aliphatic heterocycles. The molecule has 0 saturated heterocycles. The van der Waals surface area contributed by atoms with Crippen LogP contribution in [0.5, 0.6) is 0 Å². The molecule has 19 heavy (non-hydrogen) atoms. The number of halogens is 1. The second-order valence-electron chi connectivity index (χ2n) is 5.14. The molecule has 0 bridgehead atoms. The second kappa shape index (κ2) is 5.90. The van der Waals surface area contributed by atoms with Gasteiger partial charge in [0.1, 0.15) is 5.60 Å². The van der Waals surface area contributed by atoms with Crippen molar-refractivity contribution in [1.82, 2.24) is 0 Å². The Bertz CT molecular complexity index is 563. The zero-order chi connectivity index (χ0) is 14.6. The molecule has 1 aromatic carbocycles. The maximum atomic E-state index is 11.6. The van der Waals surface area contributed by atoms with Gasteiger partial charge in [0.05, 0.1) is 6.57 Å². The van der Waals surface area contributed by atoms with Crippen LogP contribution in [0.1, 0.15) is 31.9 Å². The van der Waals surface area contributed by atoms with Gasteiger partial charge in [-0.2, -0.15) is 0 Å². The fourth-order valence-electron chi connectivity index (χ4n) is 1.44. The lowest BCUT2D eigenvalue weighted by atomic mass is 10.1. The minimum absolute atomic E-state index is 0.421. The van der Waals surface area contributed by atoms with Crippen LogP contribution in [0.3, 0.4) is 0 Å². The summed E-state index contributed by atoms with van der Waals surface area (Å²) in [5, 5.41) is 0.441. The van der Waals surface area contributed by atoms with Crippen molar-refractivity contribution in [3.8, 4) is 0 Å². The van der Waals surface area contributed by atoms with E-state index < -0.39 is 11.6 Å². The molecular formula is C15H16ClNO2. The Labute approximate surface area is 118 Å². The highest BCUT2D eigenvalue weighted by Crippen LogP contribution is 2.28. The first-order valence-corrected chi connectivity index (χ1v) is 6.19. The van der Waals surface area contributed by atoms with Crippen LogP contribution in [0.15, 0.2) is 18.2 Å². The highest BCUT2D eigenvalue weighted by atomic mass is 35.5. The summed E-state index contributed by atoms with van der Waals surface area (Å²) in [5.74, 6) is -0.421. The summed E-state index contributed by atoms with van der Waals surface area (Å²) in [6, 6.07) is 3.37. The normalized spacial score (nSPS) is 11.4. The number of carbonyl (C=O) groups is 1. The first-order chi connectivity index (χ1) is 8.73. The minimum atomic E-state index is -0.519. The molecule has 3 nitrogen and oxygen atoms in total. The van der Waals surface area contributed by atoms with Crippen LogP contribution in [-0.2, 0) is 9.53 Å². The highest BCUT2D eigenvalue weighted by Gasteiger charge is 2.14. The van der Waals surface area contributed by atoms with E-state index in [-0.39, 0.29) is 0 Å². The average molecular weight is 278 g/mol. The highest BCUT2D eigenvalue weighted by molar-refractivity contribution is 6.32. The molecule has 0 N–H and O–H groups in total. The van der Waals surface area contributed by atoms with E-state index in [0.29, 0.717) is 16.3 Å². The second-order valence-corrected chi connectivity index (χ2v) is 5.55. The molecule has 1 rings (SSSR count). The predicted molar refractivity (Wildman–Crippen MR) is 77.3 cm³/mol. The molecule has 4 heteroatoms. The van der Waals surface area contributed by atoms with E-state index in [1.165, 1.54) is 6.08 Å². The number of ether oxygens (including phenoxy) is 1. The van der Waals surface area contributed by atoms with E-state index in [0.717, 1.165) is 5.56 Å². The van der Waals surface area contributed by atoms with Gasteiger partial charge < -0.3 is 4.74 Å². The molecule has 0 aliphatic carbocycles. The first-order valence-electron chi connectivity index (χ1n) is 5.81. The molecular weight excluding hydrogens is 262 g/mol. The van der Waals surface area contributed by atoms with Crippen LogP contribution in [0.25, 0.3) is 10.9 Å². The van der Waals surface area contributed by atoms with Gasteiger partial charge in [-0.05, 0) is 51.0 Å². The number of rotatable bonds is 2. The maximum Gasteiger partial charge on any atom is 0.331 e. The van der Waals surface area contributed by atoms with Crippen LogP contribution in [0, 0.1) is 13.5 Å². The molecule has 0 unspecified atom stereocenters. The van der Waals surface area contributed by atoms with Crippen LogP contribution >= 0.6 is 11.6 Å². The van der Waals surface area contributed by atoms with E-state index in [9.17, 15) is 4.79 Å². The van der Waals surface area contributed by atoms with Gasteiger partial charge in [-0.3, -0.25) is 0 Å². The third-order valence-electron chi connectivity index (χ3n) is 2.24. The summed E-state index contributed by atoms with van der Waals surface area (Å²) in [7, 11) is 0. The summed E-state index contributed by atoms with van der Waals surface area (Å²) in [6.45, 7) is 14.2. The monoisotopic (exact) mass is 277 g/mol. The zero-order valence-electron chi connectivity index (χ0n) is 11.5. The molecule has 0 radical (unpaired) electrons. The Hall–Kier alpha value is -1.79. The van der Waals surface area contributed by atoms with Gasteiger partial charge in [0.25, 0.3) is 0 Å². The molecule has 100 valence electrons. The van der Waals surface area contributed by atoms with Crippen molar-refractivity contribution in [3.05, 3.63) is 45.8 Å². The van der Waals surface area contributed by atoms with Crippen LogP contribution in [0.4, 0.5) is 5.69 Å². The summed E-state index contributed by atoms with van der Waals surface area (Å²) in [5.41, 5.74) is 1.51. The molecule has 0 spiro atoms. The molecule has 1 aromatic rings. The number of hydrogen-bond donors (Lipinski definition) is 0. The van der Waals surface area contributed by atoms with Crippen molar-refractivity contribution in [3.63, 3.8) is 0 Å². The minimum Gasteiger partial charge on any atom is -0.457 e. The molecule has 0 atom stereocenters. The Morgan fingerprint density at radius 2 is 2.05 bits per heavy atom. The molecule has 0 aromatic heterocycles. The van der Waals surface area contributed by atoms with Gasteiger partial charge in [0.2, 0.25) is 0 Å². The zero-order valence-corrected chi connectivity index (χ0v) is 12.2. The van der Waals surface area contributed by atoms with Gasteiger partial charge in [0, 0.05) is 11.1 Å². The van der Waals surface area contributed by atoms with E-state index >= 15 is 0 Å². The Morgan fingerprint density at radius 1 is 1.42 bits per heavy atom. The third-order valence-corrected chi connectivity index (χ3v) is 2.57. The largest absolute Gasteiger partial charge is 0.457 e. The molecule has 0 heterocycles. The predicted octanol–water partition coefficient (Wildman–Crippen LogP) is 4.55. The number of hydrogen-bond acceptors (Lipinski definition) is 2.